The molecule has 2 heterocycles. The molecule has 2 N–H and O–H groups in total. The van der Waals surface area contributed by atoms with Gasteiger partial charge in [0, 0.05) is 31.6 Å². The molecule has 2 aliphatic rings. The number of nitrogens with two attached hydrogens (primary N) is 1. The summed E-state index contributed by atoms with van der Waals surface area (Å²) in [7, 11) is 0. The molecule has 26 heavy (non-hydrogen) atoms. The molecule has 142 valence electrons. The average molecular weight is 359 g/mol. The van der Waals surface area contributed by atoms with Crippen molar-refractivity contribution < 1.29 is 14.3 Å². The van der Waals surface area contributed by atoms with Crippen molar-refractivity contribution in [1.82, 2.24) is 9.80 Å². The molecular formula is C20H29N3O3. The summed E-state index contributed by atoms with van der Waals surface area (Å²) < 4.78 is 5.08. The number of nitrogens with zero attached hydrogens (tertiary/aromatic N) is 2. The quantitative estimate of drug-likeness (QED) is 0.789. The monoisotopic (exact) mass is 359 g/mol. The Morgan fingerprint density at radius 1 is 1.08 bits per heavy atom. The fourth-order valence-corrected chi connectivity index (χ4v) is 4.24. The molecule has 1 aromatic carbocycles. The summed E-state index contributed by atoms with van der Waals surface area (Å²) in [6.45, 7) is 4.60. The second-order valence-electron chi connectivity index (χ2n) is 7.64. The Kier molecular flexibility index (Phi) is 6.27. The van der Waals surface area contributed by atoms with Crippen molar-refractivity contribution >= 4 is 11.8 Å². The summed E-state index contributed by atoms with van der Waals surface area (Å²) in [4.78, 5) is 27.4. The molecule has 3 rings (SSSR count). The predicted molar refractivity (Wildman–Crippen MR) is 99.5 cm³/mol. The third kappa shape index (κ3) is 5.05. The minimum Gasteiger partial charge on any atom is -0.368 e. The van der Waals surface area contributed by atoms with Gasteiger partial charge in [0.25, 0.3) is 0 Å². The van der Waals surface area contributed by atoms with Crippen LogP contribution < -0.4 is 5.73 Å². The maximum Gasteiger partial charge on any atom is 0.248 e. The molecule has 0 unspecified atom stereocenters. The van der Waals surface area contributed by atoms with Crippen molar-refractivity contribution in [2.24, 2.45) is 11.1 Å². The fourth-order valence-electron chi connectivity index (χ4n) is 4.24. The third-order valence-corrected chi connectivity index (χ3v) is 5.56. The zero-order valence-corrected chi connectivity index (χ0v) is 15.4. The van der Waals surface area contributed by atoms with Crippen LogP contribution in [0.15, 0.2) is 30.3 Å². The van der Waals surface area contributed by atoms with Crippen LogP contribution in [0.5, 0.6) is 0 Å². The van der Waals surface area contributed by atoms with E-state index in [-0.39, 0.29) is 24.5 Å². The number of carbonyl (C=O) groups is 2. The third-order valence-electron chi connectivity index (χ3n) is 5.56. The van der Waals surface area contributed by atoms with Gasteiger partial charge in [0.15, 0.2) is 0 Å². The van der Waals surface area contributed by atoms with E-state index in [0.29, 0.717) is 0 Å². The highest BCUT2D eigenvalue weighted by molar-refractivity contribution is 5.79. The fraction of sp³-hybridized carbons (Fsp3) is 0.600. The zero-order valence-electron chi connectivity index (χ0n) is 15.4. The molecule has 1 atom stereocenters. The van der Waals surface area contributed by atoms with E-state index in [4.69, 9.17) is 10.5 Å². The van der Waals surface area contributed by atoms with Gasteiger partial charge in [0.1, 0.15) is 13.2 Å². The lowest BCUT2D eigenvalue weighted by Gasteiger charge is -2.40. The summed E-state index contributed by atoms with van der Waals surface area (Å²) in [5, 5.41) is 0. The second kappa shape index (κ2) is 8.64. The molecule has 1 aromatic rings. The van der Waals surface area contributed by atoms with Crippen LogP contribution in [0.3, 0.4) is 0 Å². The van der Waals surface area contributed by atoms with Crippen LogP contribution in [-0.2, 0) is 20.7 Å². The number of likely N-dealkylation sites (tertiary alicyclic amines) is 2. The van der Waals surface area contributed by atoms with Crippen LogP contribution in [0.2, 0.25) is 0 Å². The van der Waals surface area contributed by atoms with Gasteiger partial charge in [-0.2, -0.15) is 0 Å². The Hall–Kier alpha value is -1.92. The van der Waals surface area contributed by atoms with E-state index in [1.807, 2.05) is 4.90 Å². The summed E-state index contributed by atoms with van der Waals surface area (Å²) in [5.74, 6) is -0.582. The van der Waals surface area contributed by atoms with Gasteiger partial charge in [0.2, 0.25) is 11.8 Å². The van der Waals surface area contributed by atoms with E-state index in [1.54, 1.807) is 0 Å². The molecule has 0 bridgehead atoms. The van der Waals surface area contributed by atoms with E-state index in [9.17, 15) is 9.59 Å². The van der Waals surface area contributed by atoms with Gasteiger partial charge in [0.05, 0.1) is 0 Å². The Morgan fingerprint density at radius 2 is 1.88 bits per heavy atom. The van der Waals surface area contributed by atoms with Gasteiger partial charge in [-0.1, -0.05) is 30.3 Å². The molecule has 1 spiro atoms. The SMILES string of the molecule is NC(=O)COCC(=O)N1CC[C@]2(CCCN(CCc3ccccc3)C2)C1. The summed E-state index contributed by atoms with van der Waals surface area (Å²) in [6, 6.07) is 10.6. The summed E-state index contributed by atoms with van der Waals surface area (Å²) in [5.41, 5.74) is 6.63. The summed E-state index contributed by atoms with van der Waals surface area (Å²) >= 11 is 0. The smallest absolute Gasteiger partial charge is 0.248 e. The number of hydrogen-bond donors (Lipinski definition) is 1. The van der Waals surface area contributed by atoms with Gasteiger partial charge in [-0.05, 0) is 37.8 Å². The minimum absolute atomic E-state index is 0.0375. The van der Waals surface area contributed by atoms with Crippen molar-refractivity contribution in [1.29, 1.82) is 0 Å². The van der Waals surface area contributed by atoms with Crippen LogP contribution in [0.25, 0.3) is 0 Å². The Labute approximate surface area is 155 Å². The lowest BCUT2D eigenvalue weighted by atomic mass is 9.79. The Bertz CT molecular complexity index is 622. The molecule has 6 heteroatoms. The number of carbonyl (C=O) groups excluding carboxylic acids is 2. The highest BCUT2D eigenvalue weighted by Crippen LogP contribution is 2.39. The molecule has 0 aromatic heterocycles. The van der Waals surface area contributed by atoms with Crippen LogP contribution >= 0.6 is 0 Å². The molecule has 0 aliphatic carbocycles. The second-order valence-corrected chi connectivity index (χ2v) is 7.64. The standard InChI is InChI=1S/C20H29N3O3/c21-18(24)13-26-14-19(25)23-12-9-20(16-23)8-4-10-22(15-20)11-7-17-5-2-1-3-6-17/h1-3,5-6H,4,7-16H2,(H2,21,24)/t20-/m0/s1. The number of benzene rings is 1. The van der Waals surface area contributed by atoms with Crippen molar-refractivity contribution in [3.05, 3.63) is 35.9 Å². The largest absolute Gasteiger partial charge is 0.368 e. The number of primary amides is 1. The first kappa shape index (κ1) is 18.9. The van der Waals surface area contributed by atoms with Gasteiger partial charge in [-0.15, -0.1) is 0 Å². The van der Waals surface area contributed by atoms with Crippen molar-refractivity contribution in [3.63, 3.8) is 0 Å². The number of piperidine rings is 1. The lowest BCUT2D eigenvalue weighted by Crippen LogP contribution is -2.46. The van der Waals surface area contributed by atoms with Crippen molar-refractivity contribution in [2.45, 2.75) is 25.7 Å². The van der Waals surface area contributed by atoms with Gasteiger partial charge in [-0.3, -0.25) is 9.59 Å². The highest BCUT2D eigenvalue weighted by Gasteiger charge is 2.42. The molecule has 2 aliphatic heterocycles. The summed E-state index contributed by atoms with van der Waals surface area (Å²) in [6.07, 6.45) is 4.49. The molecule has 0 saturated carbocycles. The number of amides is 2. The van der Waals surface area contributed by atoms with E-state index >= 15 is 0 Å². The molecule has 0 radical (unpaired) electrons. The highest BCUT2D eigenvalue weighted by atomic mass is 16.5. The minimum atomic E-state index is -0.544. The zero-order chi connectivity index (χ0) is 18.4. The molecule has 2 fully saturated rings. The average Bonchev–Trinajstić information content (AvgIpc) is 3.04. The van der Waals surface area contributed by atoms with Gasteiger partial charge < -0.3 is 20.3 Å². The molecular weight excluding hydrogens is 330 g/mol. The van der Waals surface area contributed by atoms with E-state index in [2.05, 4.69) is 35.2 Å². The predicted octanol–water partition coefficient (Wildman–Crippen LogP) is 1.05. The van der Waals surface area contributed by atoms with E-state index < -0.39 is 5.91 Å². The van der Waals surface area contributed by atoms with Crippen molar-refractivity contribution in [3.8, 4) is 0 Å². The van der Waals surface area contributed by atoms with E-state index in [1.165, 1.54) is 18.4 Å². The first-order valence-electron chi connectivity index (χ1n) is 9.46. The van der Waals surface area contributed by atoms with Crippen LogP contribution in [0.1, 0.15) is 24.8 Å². The topological polar surface area (TPSA) is 75.9 Å². The Morgan fingerprint density at radius 3 is 2.65 bits per heavy atom. The molecule has 2 saturated heterocycles. The lowest BCUT2D eigenvalue weighted by molar-refractivity contribution is -0.137. The maximum absolute atomic E-state index is 12.3. The Balaban J connectivity index is 1.47. The first-order chi connectivity index (χ1) is 12.6. The van der Waals surface area contributed by atoms with Crippen molar-refractivity contribution in [2.75, 3.05) is 45.9 Å². The number of ether oxygens (including phenoxy) is 1. The van der Waals surface area contributed by atoms with Crippen LogP contribution in [-0.4, -0.2) is 67.6 Å². The number of hydrogen-bond acceptors (Lipinski definition) is 4. The van der Waals surface area contributed by atoms with Crippen LogP contribution in [0.4, 0.5) is 0 Å². The van der Waals surface area contributed by atoms with Gasteiger partial charge in [-0.25, -0.2) is 0 Å². The number of rotatable bonds is 7. The first-order valence-corrected chi connectivity index (χ1v) is 9.46. The van der Waals surface area contributed by atoms with Gasteiger partial charge >= 0.3 is 0 Å². The molecule has 2 amide bonds. The normalized spacial score (nSPS) is 23.5. The maximum atomic E-state index is 12.3. The van der Waals surface area contributed by atoms with Crippen LogP contribution in [0, 0.1) is 5.41 Å². The molecule has 6 nitrogen and oxygen atoms in total. The van der Waals surface area contributed by atoms with E-state index in [0.717, 1.165) is 45.6 Å².